The summed E-state index contributed by atoms with van der Waals surface area (Å²) in [6.07, 6.45) is 1.74. The molecule has 0 aromatic heterocycles. The van der Waals surface area contributed by atoms with E-state index in [4.69, 9.17) is 16.3 Å². The zero-order valence-corrected chi connectivity index (χ0v) is 13.1. The predicted octanol–water partition coefficient (Wildman–Crippen LogP) is 2.58. The zero-order valence-electron chi connectivity index (χ0n) is 12.3. The summed E-state index contributed by atoms with van der Waals surface area (Å²) in [5.41, 5.74) is 0.127. The largest absolute Gasteiger partial charge is 0.466 e. The van der Waals surface area contributed by atoms with E-state index in [0.717, 1.165) is 18.7 Å². The van der Waals surface area contributed by atoms with Gasteiger partial charge in [-0.25, -0.2) is 0 Å². The molecule has 1 saturated heterocycles. The number of hydrogen-bond donors (Lipinski definition) is 1. The van der Waals surface area contributed by atoms with Gasteiger partial charge in [0.1, 0.15) is 0 Å². The van der Waals surface area contributed by atoms with Crippen LogP contribution in [0.4, 0.5) is 0 Å². The van der Waals surface area contributed by atoms with E-state index >= 15 is 0 Å². The van der Waals surface area contributed by atoms with Crippen molar-refractivity contribution in [1.82, 2.24) is 4.90 Å². The Morgan fingerprint density at radius 3 is 2.52 bits per heavy atom. The van der Waals surface area contributed by atoms with E-state index in [9.17, 15) is 9.90 Å². The van der Waals surface area contributed by atoms with Crippen molar-refractivity contribution in [3.63, 3.8) is 0 Å². The summed E-state index contributed by atoms with van der Waals surface area (Å²) in [5.74, 6) is -0.156. The minimum absolute atomic E-state index is 0.156. The number of esters is 1. The topological polar surface area (TPSA) is 49.8 Å². The van der Waals surface area contributed by atoms with E-state index in [2.05, 4.69) is 4.90 Å². The Morgan fingerprint density at radius 1 is 1.33 bits per heavy atom. The molecule has 0 spiro atoms. The molecule has 1 N–H and O–H groups in total. The minimum atomic E-state index is -0.787. The maximum Gasteiger partial charge on any atom is 0.307 e. The Bertz CT molecular complexity index is 467. The zero-order chi connectivity index (χ0) is 15.3. The Morgan fingerprint density at radius 2 is 1.95 bits per heavy atom. The molecule has 1 aliphatic heterocycles. The van der Waals surface area contributed by atoms with Crippen molar-refractivity contribution in [1.29, 1.82) is 0 Å². The molecule has 1 heterocycles. The van der Waals surface area contributed by atoms with Crippen molar-refractivity contribution < 1.29 is 14.6 Å². The highest BCUT2D eigenvalue weighted by Gasteiger charge is 2.33. The fourth-order valence-corrected chi connectivity index (χ4v) is 2.80. The average molecular weight is 312 g/mol. The van der Waals surface area contributed by atoms with Crippen LogP contribution in [0, 0.1) is 0 Å². The van der Waals surface area contributed by atoms with Crippen molar-refractivity contribution in [3.05, 3.63) is 34.9 Å². The Labute approximate surface area is 130 Å². The summed E-state index contributed by atoms with van der Waals surface area (Å²) in [5, 5.41) is 11.4. The van der Waals surface area contributed by atoms with Crippen molar-refractivity contribution >= 4 is 17.6 Å². The van der Waals surface area contributed by atoms with Gasteiger partial charge >= 0.3 is 5.97 Å². The lowest BCUT2D eigenvalue weighted by Gasteiger charge is -2.38. The van der Waals surface area contributed by atoms with Crippen molar-refractivity contribution in [3.8, 4) is 0 Å². The third-order valence-electron chi connectivity index (χ3n) is 4.00. The molecule has 0 aliphatic carbocycles. The molecule has 0 amide bonds. The van der Waals surface area contributed by atoms with Gasteiger partial charge in [0.05, 0.1) is 18.6 Å². The van der Waals surface area contributed by atoms with Gasteiger partial charge in [-0.2, -0.15) is 0 Å². The highest BCUT2D eigenvalue weighted by Crippen LogP contribution is 2.33. The van der Waals surface area contributed by atoms with Crippen LogP contribution in [0.25, 0.3) is 0 Å². The highest BCUT2D eigenvalue weighted by atomic mass is 35.5. The van der Waals surface area contributed by atoms with Crippen molar-refractivity contribution in [2.45, 2.75) is 31.8 Å². The van der Waals surface area contributed by atoms with Gasteiger partial charge in [-0.15, -0.1) is 0 Å². The van der Waals surface area contributed by atoms with Gasteiger partial charge in [0.15, 0.2) is 0 Å². The fraction of sp³-hybridized carbons (Fsp3) is 0.562. The van der Waals surface area contributed by atoms with Gasteiger partial charge in [-0.05, 0) is 37.5 Å². The van der Waals surface area contributed by atoms with Crippen molar-refractivity contribution in [2.75, 3.05) is 26.2 Å². The summed E-state index contributed by atoms with van der Waals surface area (Å²) in [4.78, 5) is 13.6. The van der Waals surface area contributed by atoms with Crippen LogP contribution in [-0.4, -0.2) is 42.2 Å². The van der Waals surface area contributed by atoms with E-state index in [1.807, 2.05) is 31.2 Å². The predicted molar refractivity (Wildman–Crippen MR) is 82.3 cm³/mol. The molecule has 116 valence electrons. The standard InChI is InChI=1S/C16H22ClNO3/c1-2-21-15(19)7-10-18-11-8-16(20,9-12-18)13-3-5-14(17)6-4-13/h3-6,20H,2,7-12H2,1H3. The Balaban J connectivity index is 1.84. The number of halogens is 1. The SMILES string of the molecule is CCOC(=O)CCN1CCC(O)(c2ccc(Cl)cc2)CC1. The van der Waals surface area contributed by atoms with E-state index < -0.39 is 5.60 Å². The molecule has 21 heavy (non-hydrogen) atoms. The summed E-state index contributed by atoms with van der Waals surface area (Å²) < 4.78 is 4.93. The number of hydrogen-bond acceptors (Lipinski definition) is 4. The molecular formula is C16H22ClNO3. The highest BCUT2D eigenvalue weighted by molar-refractivity contribution is 6.30. The molecule has 1 fully saturated rings. The summed E-state index contributed by atoms with van der Waals surface area (Å²) in [6, 6.07) is 7.39. The van der Waals surface area contributed by atoms with Crippen LogP contribution in [-0.2, 0) is 15.1 Å². The van der Waals surface area contributed by atoms with Gasteiger partial charge in [0, 0.05) is 24.7 Å². The van der Waals surface area contributed by atoms with Crippen molar-refractivity contribution in [2.24, 2.45) is 0 Å². The van der Waals surface area contributed by atoms with E-state index in [1.165, 1.54) is 0 Å². The summed E-state index contributed by atoms with van der Waals surface area (Å²) in [7, 11) is 0. The maximum absolute atomic E-state index is 11.4. The lowest BCUT2D eigenvalue weighted by atomic mass is 9.84. The first-order chi connectivity index (χ1) is 10.0. The average Bonchev–Trinajstić information content (AvgIpc) is 2.48. The van der Waals surface area contributed by atoms with Crippen LogP contribution in [0.5, 0.6) is 0 Å². The number of rotatable bonds is 5. The molecule has 0 radical (unpaired) electrons. The van der Waals surface area contributed by atoms with Crippen LogP contribution in [0.1, 0.15) is 31.7 Å². The smallest absolute Gasteiger partial charge is 0.307 e. The molecule has 1 aliphatic rings. The van der Waals surface area contributed by atoms with E-state index in [-0.39, 0.29) is 5.97 Å². The van der Waals surface area contributed by atoms with Gasteiger partial charge < -0.3 is 14.7 Å². The van der Waals surface area contributed by atoms with E-state index in [0.29, 0.717) is 37.4 Å². The quantitative estimate of drug-likeness (QED) is 0.849. The summed E-state index contributed by atoms with van der Waals surface area (Å²) >= 11 is 5.88. The van der Waals surface area contributed by atoms with Crippen LogP contribution < -0.4 is 0 Å². The lowest BCUT2D eigenvalue weighted by molar-refractivity contribution is -0.143. The normalized spacial score (nSPS) is 18.4. The van der Waals surface area contributed by atoms with E-state index in [1.54, 1.807) is 0 Å². The first-order valence-electron chi connectivity index (χ1n) is 7.40. The number of benzene rings is 1. The van der Waals surface area contributed by atoms with Gasteiger partial charge in [-0.3, -0.25) is 4.79 Å². The fourth-order valence-electron chi connectivity index (χ4n) is 2.68. The molecule has 4 nitrogen and oxygen atoms in total. The molecule has 0 saturated carbocycles. The van der Waals surface area contributed by atoms with Crippen LogP contribution in [0.15, 0.2) is 24.3 Å². The number of ether oxygens (including phenoxy) is 1. The summed E-state index contributed by atoms with van der Waals surface area (Å²) in [6.45, 7) is 4.48. The van der Waals surface area contributed by atoms with Gasteiger partial charge in [-0.1, -0.05) is 23.7 Å². The van der Waals surface area contributed by atoms with Crippen LogP contribution in [0.3, 0.4) is 0 Å². The third kappa shape index (κ3) is 4.43. The second kappa shape index (κ2) is 7.25. The number of piperidine rings is 1. The molecule has 0 atom stereocenters. The first kappa shape index (κ1) is 16.3. The van der Waals surface area contributed by atoms with Crippen LogP contribution >= 0.6 is 11.6 Å². The molecular weight excluding hydrogens is 290 g/mol. The molecule has 5 heteroatoms. The lowest BCUT2D eigenvalue weighted by Crippen LogP contribution is -2.43. The molecule has 2 rings (SSSR count). The molecule has 0 bridgehead atoms. The Kier molecular flexibility index (Phi) is 5.62. The number of nitrogens with zero attached hydrogens (tertiary/aromatic N) is 1. The maximum atomic E-state index is 11.4. The number of likely N-dealkylation sites (tertiary alicyclic amines) is 1. The Hall–Kier alpha value is -1.10. The second-order valence-electron chi connectivity index (χ2n) is 5.44. The first-order valence-corrected chi connectivity index (χ1v) is 7.78. The minimum Gasteiger partial charge on any atom is -0.466 e. The monoisotopic (exact) mass is 311 g/mol. The van der Waals surface area contributed by atoms with Gasteiger partial charge in [0.2, 0.25) is 0 Å². The second-order valence-corrected chi connectivity index (χ2v) is 5.87. The molecule has 1 aromatic rings. The molecule has 0 unspecified atom stereocenters. The molecule has 1 aromatic carbocycles. The number of aliphatic hydroxyl groups is 1. The van der Waals surface area contributed by atoms with Crippen LogP contribution in [0.2, 0.25) is 5.02 Å². The van der Waals surface area contributed by atoms with Gasteiger partial charge in [0.25, 0.3) is 0 Å². The number of carbonyl (C=O) groups is 1. The third-order valence-corrected chi connectivity index (χ3v) is 4.25. The number of carbonyl (C=O) groups excluding carboxylic acids is 1.